The van der Waals surface area contributed by atoms with Crippen molar-refractivity contribution < 1.29 is 9.32 Å². The number of nitrogens with zero attached hydrogens (tertiary/aromatic N) is 3. The SMILES string of the molecule is Cc1cccc(C(=O)N[C@@H](C)c2nc(-c3ccnc(C4CCC4)c3)no2)c1. The lowest BCUT2D eigenvalue weighted by Crippen LogP contribution is -2.26. The fraction of sp³-hybridized carbons (Fsp3) is 0.333. The van der Waals surface area contributed by atoms with Crippen LogP contribution in [0.5, 0.6) is 0 Å². The van der Waals surface area contributed by atoms with Gasteiger partial charge in [-0.25, -0.2) is 0 Å². The molecule has 0 bridgehead atoms. The third-order valence-electron chi connectivity index (χ3n) is 5.00. The monoisotopic (exact) mass is 362 g/mol. The predicted molar refractivity (Wildman–Crippen MR) is 101 cm³/mol. The van der Waals surface area contributed by atoms with Crippen LogP contribution in [0.1, 0.15) is 65.7 Å². The number of aromatic nitrogens is 3. The summed E-state index contributed by atoms with van der Waals surface area (Å²) in [6.07, 6.45) is 5.44. The number of hydrogen-bond acceptors (Lipinski definition) is 5. The van der Waals surface area contributed by atoms with Crippen molar-refractivity contribution in [1.29, 1.82) is 0 Å². The molecule has 0 radical (unpaired) electrons. The van der Waals surface area contributed by atoms with Crippen LogP contribution in [0.3, 0.4) is 0 Å². The van der Waals surface area contributed by atoms with Crippen LogP contribution < -0.4 is 5.32 Å². The van der Waals surface area contributed by atoms with Crippen molar-refractivity contribution in [3.05, 3.63) is 65.3 Å². The average molecular weight is 362 g/mol. The Labute approximate surface area is 158 Å². The molecule has 1 aliphatic rings. The largest absolute Gasteiger partial charge is 0.341 e. The minimum atomic E-state index is -0.382. The van der Waals surface area contributed by atoms with Crippen LogP contribution in [0.15, 0.2) is 47.1 Å². The smallest absolute Gasteiger partial charge is 0.251 e. The molecule has 1 amide bonds. The summed E-state index contributed by atoms with van der Waals surface area (Å²) in [5.74, 6) is 1.28. The number of aryl methyl sites for hydroxylation is 1. The molecular formula is C21H22N4O2. The Morgan fingerprint density at radius 3 is 2.85 bits per heavy atom. The van der Waals surface area contributed by atoms with Crippen molar-refractivity contribution in [2.75, 3.05) is 0 Å². The first-order chi connectivity index (χ1) is 13.1. The van der Waals surface area contributed by atoms with E-state index in [2.05, 4.69) is 20.4 Å². The highest BCUT2D eigenvalue weighted by molar-refractivity contribution is 5.94. The summed E-state index contributed by atoms with van der Waals surface area (Å²) in [6, 6.07) is 11.0. The molecule has 27 heavy (non-hydrogen) atoms. The van der Waals surface area contributed by atoms with Gasteiger partial charge in [0.1, 0.15) is 6.04 Å². The molecule has 0 saturated heterocycles. The highest BCUT2D eigenvalue weighted by Crippen LogP contribution is 2.36. The van der Waals surface area contributed by atoms with Gasteiger partial charge in [-0.1, -0.05) is 29.3 Å². The Bertz CT molecular complexity index is 962. The maximum absolute atomic E-state index is 12.4. The van der Waals surface area contributed by atoms with Gasteiger partial charge in [0.2, 0.25) is 11.7 Å². The number of benzene rings is 1. The average Bonchev–Trinajstić information content (AvgIpc) is 3.11. The minimum absolute atomic E-state index is 0.165. The molecule has 0 unspecified atom stereocenters. The molecule has 2 aromatic heterocycles. The Balaban J connectivity index is 1.48. The van der Waals surface area contributed by atoms with E-state index in [1.54, 1.807) is 12.3 Å². The molecular weight excluding hydrogens is 340 g/mol. The zero-order valence-corrected chi connectivity index (χ0v) is 15.5. The molecule has 138 valence electrons. The molecule has 0 aliphatic heterocycles. The first kappa shape index (κ1) is 17.4. The van der Waals surface area contributed by atoms with E-state index in [-0.39, 0.29) is 11.9 Å². The summed E-state index contributed by atoms with van der Waals surface area (Å²) in [4.78, 5) is 21.3. The van der Waals surface area contributed by atoms with E-state index in [4.69, 9.17) is 4.52 Å². The highest BCUT2D eigenvalue weighted by atomic mass is 16.5. The van der Waals surface area contributed by atoms with Gasteiger partial charge in [-0.05, 0) is 51.0 Å². The first-order valence-corrected chi connectivity index (χ1v) is 9.27. The Kier molecular flexibility index (Phi) is 4.71. The fourth-order valence-corrected chi connectivity index (χ4v) is 3.17. The lowest BCUT2D eigenvalue weighted by Gasteiger charge is -2.24. The summed E-state index contributed by atoms with van der Waals surface area (Å²) in [7, 11) is 0. The fourth-order valence-electron chi connectivity index (χ4n) is 3.17. The Morgan fingerprint density at radius 1 is 1.26 bits per heavy atom. The van der Waals surface area contributed by atoms with Gasteiger partial charge in [0.15, 0.2) is 0 Å². The Morgan fingerprint density at radius 2 is 2.11 bits per heavy atom. The van der Waals surface area contributed by atoms with Crippen LogP contribution in [-0.2, 0) is 0 Å². The van der Waals surface area contributed by atoms with Gasteiger partial charge in [-0.15, -0.1) is 0 Å². The van der Waals surface area contributed by atoms with Crippen molar-refractivity contribution in [1.82, 2.24) is 20.4 Å². The summed E-state index contributed by atoms with van der Waals surface area (Å²) in [5, 5.41) is 6.99. The Hall–Kier alpha value is -3.02. The van der Waals surface area contributed by atoms with E-state index < -0.39 is 0 Å². The lowest BCUT2D eigenvalue weighted by atomic mass is 9.82. The summed E-state index contributed by atoms with van der Waals surface area (Å²) in [6.45, 7) is 3.79. The molecule has 3 aromatic rings. The van der Waals surface area contributed by atoms with Crippen LogP contribution >= 0.6 is 0 Å². The van der Waals surface area contributed by atoms with Gasteiger partial charge in [0.05, 0.1) is 0 Å². The highest BCUT2D eigenvalue weighted by Gasteiger charge is 2.22. The topological polar surface area (TPSA) is 80.9 Å². The molecule has 1 saturated carbocycles. The molecule has 1 aliphatic carbocycles. The number of rotatable bonds is 5. The van der Waals surface area contributed by atoms with Crippen LogP contribution in [-0.4, -0.2) is 21.0 Å². The number of pyridine rings is 1. The number of carbonyl (C=O) groups is 1. The maximum atomic E-state index is 12.4. The molecule has 1 atom stereocenters. The van der Waals surface area contributed by atoms with Crippen molar-refractivity contribution in [2.24, 2.45) is 0 Å². The number of hydrogen-bond donors (Lipinski definition) is 1. The molecule has 6 nitrogen and oxygen atoms in total. The van der Waals surface area contributed by atoms with Crippen LogP contribution in [0.2, 0.25) is 0 Å². The van der Waals surface area contributed by atoms with Crippen LogP contribution in [0.4, 0.5) is 0 Å². The van der Waals surface area contributed by atoms with E-state index in [0.29, 0.717) is 23.2 Å². The van der Waals surface area contributed by atoms with Gasteiger partial charge < -0.3 is 9.84 Å². The second-order valence-electron chi connectivity index (χ2n) is 7.12. The number of carbonyl (C=O) groups excluding carboxylic acids is 1. The molecule has 1 aromatic carbocycles. The standard InChI is InChI=1S/C21H22N4O2/c1-13-5-3-8-17(11-13)20(26)23-14(2)21-24-19(25-27-21)16-9-10-22-18(12-16)15-6-4-7-15/h3,5,8-12,14-15H,4,6-7H2,1-2H3,(H,23,26)/t14-/m0/s1. The summed E-state index contributed by atoms with van der Waals surface area (Å²) in [5.41, 5.74) is 3.63. The normalized spacial score (nSPS) is 15.2. The minimum Gasteiger partial charge on any atom is -0.341 e. The predicted octanol–water partition coefficient (Wildman–Crippen LogP) is 4.20. The van der Waals surface area contributed by atoms with Gasteiger partial charge in [0, 0.05) is 28.9 Å². The van der Waals surface area contributed by atoms with Crippen molar-refractivity contribution in [3.8, 4) is 11.4 Å². The van der Waals surface area contributed by atoms with Gasteiger partial charge >= 0.3 is 0 Å². The van der Waals surface area contributed by atoms with Gasteiger partial charge in [0.25, 0.3) is 5.91 Å². The summed E-state index contributed by atoms with van der Waals surface area (Å²) < 4.78 is 5.39. The third kappa shape index (κ3) is 3.74. The first-order valence-electron chi connectivity index (χ1n) is 9.27. The van der Waals surface area contributed by atoms with Gasteiger partial charge in [-0.2, -0.15) is 4.98 Å². The molecule has 1 fully saturated rings. The van der Waals surface area contributed by atoms with E-state index in [1.807, 2.05) is 44.2 Å². The van der Waals surface area contributed by atoms with Crippen molar-refractivity contribution in [2.45, 2.75) is 45.1 Å². The van der Waals surface area contributed by atoms with E-state index in [0.717, 1.165) is 16.8 Å². The van der Waals surface area contributed by atoms with Crippen LogP contribution in [0, 0.1) is 6.92 Å². The number of amides is 1. The second kappa shape index (κ2) is 7.31. The van der Waals surface area contributed by atoms with Crippen molar-refractivity contribution >= 4 is 5.91 Å². The number of nitrogens with one attached hydrogen (secondary N) is 1. The van der Waals surface area contributed by atoms with E-state index in [9.17, 15) is 4.79 Å². The molecule has 2 heterocycles. The van der Waals surface area contributed by atoms with E-state index >= 15 is 0 Å². The zero-order valence-electron chi connectivity index (χ0n) is 15.5. The third-order valence-corrected chi connectivity index (χ3v) is 5.00. The second-order valence-corrected chi connectivity index (χ2v) is 7.12. The molecule has 0 spiro atoms. The van der Waals surface area contributed by atoms with E-state index in [1.165, 1.54) is 19.3 Å². The maximum Gasteiger partial charge on any atom is 0.251 e. The van der Waals surface area contributed by atoms with Crippen molar-refractivity contribution in [3.63, 3.8) is 0 Å². The quantitative estimate of drug-likeness (QED) is 0.736. The molecule has 4 rings (SSSR count). The zero-order chi connectivity index (χ0) is 18.8. The molecule has 6 heteroatoms. The van der Waals surface area contributed by atoms with Gasteiger partial charge in [-0.3, -0.25) is 9.78 Å². The lowest BCUT2D eigenvalue weighted by molar-refractivity contribution is 0.0932. The molecule has 1 N–H and O–H groups in total. The summed E-state index contributed by atoms with van der Waals surface area (Å²) >= 11 is 0. The van der Waals surface area contributed by atoms with Crippen LogP contribution in [0.25, 0.3) is 11.4 Å².